The zero-order chi connectivity index (χ0) is 56.4. The topological polar surface area (TPSA) is 78.9 Å². The summed E-state index contributed by atoms with van der Waals surface area (Å²) in [7, 11) is 0. The molecule has 1 unspecified atom stereocenters. The normalized spacial score (nSPS) is 12.1. The van der Waals surface area contributed by atoms with Crippen LogP contribution in [-0.4, -0.2) is 37.2 Å². The van der Waals surface area contributed by atoms with Gasteiger partial charge in [0.05, 0.1) is 0 Å². The predicted molar refractivity (Wildman–Crippen MR) is 340 cm³/mol. The highest BCUT2D eigenvalue weighted by Gasteiger charge is 2.19. The summed E-state index contributed by atoms with van der Waals surface area (Å²) in [6.45, 7) is 6.70. The van der Waals surface area contributed by atoms with Gasteiger partial charge in [-0.25, -0.2) is 0 Å². The number of carbonyl (C=O) groups excluding carboxylic acids is 3. The van der Waals surface area contributed by atoms with Crippen LogP contribution >= 0.6 is 0 Å². The lowest BCUT2D eigenvalue weighted by Gasteiger charge is -2.18. The van der Waals surface area contributed by atoms with Gasteiger partial charge in [-0.05, 0) is 51.4 Å². The van der Waals surface area contributed by atoms with E-state index in [1.54, 1.807) is 0 Å². The van der Waals surface area contributed by atoms with Crippen molar-refractivity contribution in [1.82, 2.24) is 0 Å². The Hall–Kier alpha value is -2.11. The third-order valence-corrected chi connectivity index (χ3v) is 16.2. The Kier molecular flexibility index (Phi) is 65.6. The Bertz CT molecular complexity index is 1260. The minimum Gasteiger partial charge on any atom is -0.462 e. The van der Waals surface area contributed by atoms with E-state index in [4.69, 9.17) is 14.2 Å². The van der Waals surface area contributed by atoms with Crippen LogP contribution in [0, 0.1) is 0 Å². The largest absolute Gasteiger partial charge is 0.462 e. The van der Waals surface area contributed by atoms with Crippen LogP contribution in [0.15, 0.2) is 24.3 Å². The van der Waals surface area contributed by atoms with Crippen LogP contribution in [0.5, 0.6) is 0 Å². The molecule has 0 aliphatic heterocycles. The van der Waals surface area contributed by atoms with Crippen LogP contribution in [0.1, 0.15) is 400 Å². The molecule has 0 aromatic carbocycles. The molecule has 0 saturated carbocycles. The first-order valence-electron chi connectivity index (χ1n) is 35.3. The molecular weight excluding hydrogens is 961 g/mol. The maximum absolute atomic E-state index is 12.9. The van der Waals surface area contributed by atoms with E-state index in [0.717, 1.165) is 64.2 Å². The van der Waals surface area contributed by atoms with Gasteiger partial charge < -0.3 is 14.2 Å². The molecule has 78 heavy (non-hydrogen) atoms. The molecule has 0 radical (unpaired) electrons. The number of rotatable bonds is 66. The molecule has 0 rings (SSSR count). The fourth-order valence-corrected chi connectivity index (χ4v) is 10.9. The molecule has 6 nitrogen and oxygen atoms in total. The van der Waals surface area contributed by atoms with Crippen molar-refractivity contribution < 1.29 is 28.6 Å². The maximum atomic E-state index is 12.9. The van der Waals surface area contributed by atoms with Crippen LogP contribution in [0.3, 0.4) is 0 Å². The highest BCUT2D eigenvalue weighted by atomic mass is 16.6. The molecule has 0 bridgehead atoms. The molecule has 0 amide bonds. The zero-order valence-electron chi connectivity index (χ0n) is 53.0. The smallest absolute Gasteiger partial charge is 0.306 e. The molecule has 460 valence electrons. The average Bonchev–Trinajstić information content (AvgIpc) is 3.44. The van der Waals surface area contributed by atoms with Crippen LogP contribution < -0.4 is 0 Å². The highest BCUT2D eigenvalue weighted by molar-refractivity contribution is 5.71. The number of hydrogen-bond donors (Lipinski definition) is 0. The van der Waals surface area contributed by atoms with E-state index in [1.165, 1.54) is 295 Å². The van der Waals surface area contributed by atoms with E-state index in [2.05, 4.69) is 45.1 Å². The summed E-state index contributed by atoms with van der Waals surface area (Å²) in [5.74, 6) is -0.830. The second-order valence-corrected chi connectivity index (χ2v) is 24.2. The van der Waals surface area contributed by atoms with E-state index in [0.29, 0.717) is 19.3 Å². The van der Waals surface area contributed by atoms with Crippen LogP contribution in [0.25, 0.3) is 0 Å². The molecule has 0 aromatic heterocycles. The Labute approximate surface area is 487 Å². The van der Waals surface area contributed by atoms with Crippen molar-refractivity contribution in [3.05, 3.63) is 24.3 Å². The molecule has 1 atom stereocenters. The second-order valence-electron chi connectivity index (χ2n) is 24.2. The molecule has 0 aliphatic carbocycles. The lowest BCUT2D eigenvalue weighted by atomic mass is 10.0. The molecule has 0 aliphatic rings. The summed E-state index contributed by atoms with van der Waals surface area (Å²) in [4.78, 5) is 38.3. The van der Waals surface area contributed by atoms with Crippen molar-refractivity contribution in [3.63, 3.8) is 0 Å². The van der Waals surface area contributed by atoms with Gasteiger partial charge in [0, 0.05) is 19.3 Å². The number of ether oxygens (including phenoxy) is 3. The highest BCUT2D eigenvalue weighted by Crippen LogP contribution is 2.19. The molecular formula is C72H136O6. The van der Waals surface area contributed by atoms with Gasteiger partial charge in [0.15, 0.2) is 6.10 Å². The quantitative estimate of drug-likeness (QED) is 0.0261. The van der Waals surface area contributed by atoms with E-state index < -0.39 is 6.10 Å². The molecule has 0 aromatic rings. The summed E-state index contributed by atoms with van der Waals surface area (Å²) in [5, 5.41) is 0. The zero-order valence-corrected chi connectivity index (χ0v) is 53.0. The van der Waals surface area contributed by atoms with E-state index >= 15 is 0 Å². The maximum Gasteiger partial charge on any atom is 0.306 e. The fourth-order valence-electron chi connectivity index (χ4n) is 10.9. The van der Waals surface area contributed by atoms with E-state index in [1.807, 2.05) is 0 Å². The van der Waals surface area contributed by atoms with Crippen molar-refractivity contribution in [3.8, 4) is 0 Å². The molecule has 0 fully saturated rings. The first kappa shape index (κ1) is 75.9. The SMILES string of the molecule is CCCCCCC/C=C\C/C=C\CCCCCCCCCCCCCCCCCCCCCC(=O)OCC(COC(=O)CCCCCCCCCCCCCC)OC(=O)CCCCCCCCCCCCCCCCCCC. The van der Waals surface area contributed by atoms with Crippen molar-refractivity contribution in [2.24, 2.45) is 0 Å². The van der Waals surface area contributed by atoms with Crippen LogP contribution in [-0.2, 0) is 28.6 Å². The van der Waals surface area contributed by atoms with Gasteiger partial charge in [0.2, 0.25) is 0 Å². The Morgan fingerprint density at radius 2 is 0.462 bits per heavy atom. The van der Waals surface area contributed by atoms with Gasteiger partial charge in [-0.3, -0.25) is 14.4 Å². The van der Waals surface area contributed by atoms with Gasteiger partial charge in [-0.1, -0.05) is 353 Å². The first-order valence-corrected chi connectivity index (χ1v) is 35.3. The van der Waals surface area contributed by atoms with Gasteiger partial charge in [-0.2, -0.15) is 0 Å². The molecule has 6 heteroatoms. The summed E-state index contributed by atoms with van der Waals surface area (Å²) in [6.07, 6.45) is 82.2. The minimum atomic E-state index is -0.765. The predicted octanol–water partition coefficient (Wildman–Crippen LogP) is 24.2. The lowest BCUT2D eigenvalue weighted by Crippen LogP contribution is -2.30. The van der Waals surface area contributed by atoms with Gasteiger partial charge >= 0.3 is 17.9 Å². The van der Waals surface area contributed by atoms with Gasteiger partial charge in [0.25, 0.3) is 0 Å². The number of allylic oxidation sites excluding steroid dienone is 4. The summed E-state index contributed by atoms with van der Waals surface area (Å²) in [6, 6.07) is 0. The third-order valence-electron chi connectivity index (χ3n) is 16.2. The summed E-state index contributed by atoms with van der Waals surface area (Å²) >= 11 is 0. The van der Waals surface area contributed by atoms with Crippen LogP contribution in [0.4, 0.5) is 0 Å². The number of esters is 3. The molecule has 0 spiro atoms. The first-order chi connectivity index (χ1) is 38.5. The van der Waals surface area contributed by atoms with Crippen LogP contribution in [0.2, 0.25) is 0 Å². The number of unbranched alkanes of at least 4 members (excludes halogenated alkanes) is 51. The Morgan fingerprint density at radius 1 is 0.256 bits per heavy atom. The standard InChI is InChI=1S/C72H136O6/c1-4-7-10-13-16-19-22-25-27-29-30-31-32-33-34-35-36-37-38-39-40-41-42-44-45-47-50-53-56-59-62-65-71(74)77-68-69(67-76-70(73)64-61-58-55-52-49-24-21-18-15-12-9-6-3)78-72(75)66-63-60-57-54-51-48-46-43-28-26-23-20-17-14-11-8-5-2/h22,25,29-30,69H,4-21,23-24,26-28,31-68H2,1-3H3/b25-22-,30-29-. The van der Waals surface area contributed by atoms with E-state index in [9.17, 15) is 14.4 Å². The monoisotopic (exact) mass is 1100 g/mol. The fraction of sp³-hybridized carbons (Fsp3) is 0.903. The number of carbonyl (C=O) groups is 3. The molecule has 0 heterocycles. The lowest BCUT2D eigenvalue weighted by molar-refractivity contribution is -0.167. The summed E-state index contributed by atoms with van der Waals surface area (Å²) < 4.78 is 17.0. The minimum absolute atomic E-state index is 0.0631. The second kappa shape index (κ2) is 67.4. The van der Waals surface area contributed by atoms with Crippen molar-refractivity contribution in [1.29, 1.82) is 0 Å². The average molecular weight is 1100 g/mol. The van der Waals surface area contributed by atoms with E-state index in [-0.39, 0.29) is 31.1 Å². The summed E-state index contributed by atoms with van der Waals surface area (Å²) in [5.41, 5.74) is 0. The molecule has 0 N–H and O–H groups in total. The third kappa shape index (κ3) is 64.7. The van der Waals surface area contributed by atoms with Crippen molar-refractivity contribution >= 4 is 17.9 Å². The molecule has 0 saturated heterocycles. The van der Waals surface area contributed by atoms with Gasteiger partial charge in [-0.15, -0.1) is 0 Å². The number of hydrogen-bond acceptors (Lipinski definition) is 6. The Morgan fingerprint density at radius 3 is 0.705 bits per heavy atom. The van der Waals surface area contributed by atoms with Gasteiger partial charge in [0.1, 0.15) is 13.2 Å². The van der Waals surface area contributed by atoms with Crippen molar-refractivity contribution in [2.75, 3.05) is 13.2 Å². The Balaban J connectivity index is 4.10. The van der Waals surface area contributed by atoms with Crippen molar-refractivity contribution in [2.45, 2.75) is 406 Å².